The zero-order chi connectivity index (χ0) is 52.1. The van der Waals surface area contributed by atoms with Gasteiger partial charge in [0.05, 0.1) is 6.10 Å². The molecule has 0 bridgehead atoms. The molecule has 6 rings (SSSR count). The lowest BCUT2D eigenvalue weighted by Gasteiger charge is -2.28. The van der Waals surface area contributed by atoms with E-state index in [0.717, 1.165) is 22.0 Å². The van der Waals surface area contributed by atoms with E-state index in [0.29, 0.717) is 61.9 Å². The first kappa shape index (κ1) is 54.8. The van der Waals surface area contributed by atoms with Crippen LogP contribution in [0.25, 0.3) is 10.9 Å². The second-order valence-corrected chi connectivity index (χ2v) is 18.7. The molecule has 18 nitrogen and oxygen atoms in total. The summed E-state index contributed by atoms with van der Waals surface area (Å²) < 4.78 is 0. The number of nitrogens with one attached hydrogen (secondary N) is 8. The fourth-order valence-electron chi connectivity index (χ4n) is 8.81. The van der Waals surface area contributed by atoms with Gasteiger partial charge in [-0.05, 0) is 86.0 Å². The zero-order valence-corrected chi connectivity index (χ0v) is 41.4. The van der Waals surface area contributed by atoms with Crippen LogP contribution in [0.5, 0.6) is 0 Å². The van der Waals surface area contributed by atoms with Gasteiger partial charge < -0.3 is 58.8 Å². The highest BCUT2D eigenvalue weighted by Gasteiger charge is 2.35. The summed E-state index contributed by atoms with van der Waals surface area (Å²) in [5.41, 5.74) is 16.0. The third kappa shape index (κ3) is 17.0. The molecule has 1 aliphatic rings. The molecule has 1 aliphatic heterocycles. The average Bonchev–Trinajstić information content (AvgIpc) is 3.79. The molecule has 1 saturated heterocycles. The number of aliphatic hydroxyl groups is 1. The van der Waals surface area contributed by atoms with Gasteiger partial charge in [0.15, 0.2) is 0 Å². The Bertz CT molecular complexity index is 2610. The lowest BCUT2D eigenvalue weighted by Crippen LogP contribution is -2.61. The Labute approximate surface area is 426 Å². The normalized spacial score (nSPS) is 22.2. The van der Waals surface area contributed by atoms with Crippen LogP contribution in [-0.4, -0.2) is 107 Å². The van der Waals surface area contributed by atoms with Gasteiger partial charge in [-0.25, -0.2) is 0 Å². The summed E-state index contributed by atoms with van der Waals surface area (Å²) >= 11 is 0. The number of anilines is 1. The van der Waals surface area contributed by atoms with E-state index in [2.05, 4.69) is 42.2 Å². The van der Waals surface area contributed by atoms with E-state index in [1.165, 1.54) is 6.92 Å². The van der Waals surface area contributed by atoms with Crippen molar-refractivity contribution in [1.29, 1.82) is 0 Å². The maximum absolute atomic E-state index is 14.8. The number of benzene rings is 4. The minimum Gasteiger partial charge on any atom is -0.399 e. The van der Waals surface area contributed by atoms with Crippen LogP contribution in [0.4, 0.5) is 5.69 Å². The Kier molecular flexibility index (Phi) is 20.9. The van der Waals surface area contributed by atoms with Crippen molar-refractivity contribution in [3.63, 3.8) is 0 Å². The number of H-pyrrole nitrogens is 1. The van der Waals surface area contributed by atoms with Gasteiger partial charge in [-0.2, -0.15) is 0 Å². The van der Waals surface area contributed by atoms with Gasteiger partial charge in [0.1, 0.15) is 36.3 Å². The zero-order valence-electron chi connectivity index (χ0n) is 41.4. The molecule has 0 spiro atoms. The number of fused-ring (bicyclic) bond motifs is 1. The molecule has 2 heterocycles. The highest BCUT2D eigenvalue weighted by molar-refractivity contribution is 5.98. The number of carbonyl (C=O) groups excluding carboxylic acids is 7. The van der Waals surface area contributed by atoms with Gasteiger partial charge in [-0.15, -0.1) is 0 Å². The molecular weight excluding hydrogens is 929 g/mol. The first-order chi connectivity index (χ1) is 35.3. The Balaban J connectivity index is 1.36. The summed E-state index contributed by atoms with van der Waals surface area (Å²) in [6, 6.07) is 24.9. The number of carbonyl (C=O) groups is 7. The van der Waals surface area contributed by atoms with Crippen molar-refractivity contribution >= 4 is 57.9 Å². The fraction of sp³-hybridized carbons (Fsp3) is 0.400. The number of aliphatic hydroxyl groups excluding tert-OH is 1. The number of para-hydroxylation sites is 1. The molecule has 0 unspecified atom stereocenters. The number of unbranched alkanes of at least 4 members (excludes halogenated alkanes) is 1. The third-order valence-corrected chi connectivity index (χ3v) is 12.9. The molecule has 0 radical (unpaired) electrons. The highest BCUT2D eigenvalue weighted by atomic mass is 16.3. The number of amides is 7. The SMILES string of the molecule is C[C@@H](O)[C@@H]1NC(=O)[C@H](CCCCN)NC(=O)[C@@H](Cc2c[nH]c3ccccc23)NC(=O)[C@H](Cc2ccc(N)cc2)NC(=O)[C@H](Cc2ccccc2)NC(=O)CCCCCCNC(=O)[C@H](Cc2ccccc2)NC1=O. The second kappa shape index (κ2) is 27.9. The first-order valence-electron chi connectivity index (χ1n) is 25.2. The predicted octanol–water partition coefficient (Wildman–Crippen LogP) is 2.52. The van der Waals surface area contributed by atoms with Crippen molar-refractivity contribution in [2.45, 2.75) is 126 Å². The molecule has 388 valence electrons. The average molecular weight is 999 g/mol. The van der Waals surface area contributed by atoms with E-state index in [-0.39, 0.29) is 51.0 Å². The van der Waals surface area contributed by atoms with Crippen molar-refractivity contribution in [3.05, 3.63) is 138 Å². The standard InChI is InChI=1S/C55H70N10O8/c1-35(66)49-55(73)64-44(30-36-16-6-4-7-17-36)50(68)58-29-15-3-2-10-23-48(67)60-45(31-37-18-8-5-9-19-37)52(70)62-46(32-38-24-26-40(57)27-25-38)53(71)63-47(33-39-34-59-42-21-12-11-20-41(39)42)54(72)61-43(51(69)65-49)22-13-14-28-56/h4-9,11-12,16-21,24-27,34-35,43-47,49,59,66H,2-3,10,13-15,22-23,28-33,56-57H2,1H3,(H,58,68)(H,60,67)(H,61,72)(H,62,70)(H,63,71)(H,64,73)(H,65,69)/t35-,43+,44+,45+,46+,47-,49+/m1/s1. The number of aromatic nitrogens is 1. The fourth-order valence-corrected chi connectivity index (χ4v) is 8.81. The van der Waals surface area contributed by atoms with Crippen LogP contribution >= 0.6 is 0 Å². The third-order valence-electron chi connectivity index (χ3n) is 12.9. The highest BCUT2D eigenvalue weighted by Crippen LogP contribution is 2.20. The lowest BCUT2D eigenvalue weighted by molar-refractivity contribution is -0.136. The number of hydrogen-bond donors (Lipinski definition) is 11. The molecule has 1 aromatic heterocycles. The Morgan fingerprint density at radius 2 is 1.04 bits per heavy atom. The van der Waals surface area contributed by atoms with E-state index < -0.39 is 77.8 Å². The van der Waals surface area contributed by atoms with Crippen molar-refractivity contribution in [1.82, 2.24) is 42.2 Å². The van der Waals surface area contributed by atoms with Gasteiger partial charge >= 0.3 is 0 Å². The van der Waals surface area contributed by atoms with Crippen LogP contribution in [0.1, 0.15) is 80.5 Å². The molecule has 18 heteroatoms. The van der Waals surface area contributed by atoms with Crippen LogP contribution in [0, 0.1) is 0 Å². The molecule has 7 amide bonds. The second-order valence-electron chi connectivity index (χ2n) is 18.7. The van der Waals surface area contributed by atoms with E-state index in [1.807, 2.05) is 84.9 Å². The number of hydrogen-bond acceptors (Lipinski definition) is 10. The summed E-state index contributed by atoms with van der Waals surface area (Å²) in [6.07, 6.45) is 3.88. The van der Waals surface area contributed by atoms with Crippen LogP contribution in [0.2, 0.25) is 0 Å². The topological polar surface area (TPSA) is 292 Å². The Hall–Kier alpha value is -7.57. The van der Waals surface area contributed by atoms with Crippen molar-refractivity contribution in [3.8, 4) is 0 Å². The maximum atomic E-state index is 14.8. The largest absolute Gasteiger partial charge is 0.399 e. The minimum absolute atomic E-state index is 0.0230. The first-order valence-corrected chi connectivity index (χ1v) is 25.2. The predicted molar refractivity (Wildman–Crippen MR) is 279 cm³/mol. The van der Waals surface area contributed by atoms with Crippen molar-refractivity contribution in [2.24, 2.45) is 5.73 Å². The van der Waals surface area contributed by atoms with Gasteiger partial charge in [0.2, 0.25) is 41.4 Å². The maximum Gasteiger partial charge on any atom is 0.245 e. The smallest absolute Gasteiger partial charge is 0.245 e. The summed E-state index contributed by atoms with van der Waals surface area (Å²) in [5.74, 6) is -4.55. The van der Waals surface area contributed by atoms with Crippen LogP contribution < -0.4 is 48.7 Å². The lowest BCUT2D eigenvalue weighted by atomic mass is 10.00. The van der Waals surface area contributed by atoms with Crippen molar-refractivity contribution in [2.75, 3.05) is 18.8 Å². The molecule has 13 N–H and O–H groups in total. The summed E-state index contributed by atoms with van der Waals surface area (Å²) in [7, 11) is 0. The summed E-state index contributed by atoms with van der Waals surface area (Å²) in [5, 5.41) is 31.5. The van der Waals surface area contributed by atoms with E-state index in [1.54, 1.807) is 30.5 Å². The summed E-state index contributed by atoms with van der Waals surface area (Å²) in [6.45, 7) is 1.90. The molecule has 7 atom stereocenters. The van der Waals surface area contributed by atoms with Crippen LogP contribution in [-0.2, 0) is 59.2 Å². The Morgan fingerprint density at radius 1 is 0.534 bits per heavy atom. The molecule has 1 fully saturated rings. The molecule has 0 saturated carbocycles. The molecule has 73 heavy (non-hydrogen) atoms. The number of rotatable bonds is 13. The monoisotopic (exact) mass is 999 g/mol. The molecule has 4 aromatic carbocycles. The van der Waals surface area contributed by atoms with Gasteiger partial charge in [0, 0.05) is 61.4 Å². The van der Waals surface area contributed by atoms with Crippen molar-refractivity contribution < 1.29 is 38.7 Å². The number of nitrogen functional groups attached to an aromatic ring is 1. The summed E-state index contributed by atoms with van der Waals surface area (Å²) in [4.78, 5) is 103. The van der Waals surface area contributed by atoms with E-state index >= 15 is 0 Å². The van der Waals surface area contributed by atoms with Gasteiger partial charge in [0.25, 0.3) is 0 Å². The molecule has 5 aromatic rings. The number of aromatic amines is 1. The van der Waals surface area contributed by atoms with E-state index in [9.17, 15) is 38.7 Å². The Morgan fingerprint density at radius 3 is 1.66 bits per heavy atom. The van der Waals surface area contributed by atoms with E-state index in [4.69, 9.17) is 11.5 Å². The molecule has 0 aliphatic carbocycles. The van der Waals surface area contributed by atoms with Crippen LogP contribution in [0.3, 0.4) is 0 Å². The molecular formula is C55H70N10O8. The van der Waals surface area contributed by atoms with Gasteiger partial charge in [-0.3, -0.25) is 33.6 Å². The van der Waals surface area contributed by atoms with Crippen LogP contribution in [0.15, 0.2) is 115 Å². The van der Waals surface area contributed by atoms with Gasteiger partial charge in [-0.1, -0.05) is 104 Å². The minimum atomic E-state index is -1.55. The quantitative estimate of drug-likeness (QED) is 0.0606. The number of nitrogens with two attached hydrogens (primary N) is 2.